The lowest BCUT2D eigenvalue weighted by Crippen LogP contribution is -2.53. The molecule has 1 N–H and O–H groups in total. The third-order valence-electron chi connectivity index (χ3n) is 7.84. The van der Waals surface area contributed by atoms with Crippen molar-refractivity contribution in [3.63, 3.8) is 0 Å². The highest BCUT2D eigenvalue weighted by atomic mass is 19.4. The fourth-order valence-corrected chi connectivity index (χ4v) is 5.95. The van der Waals surface area contributed by atoms with Crippen LogP contribution in [0.3, 0.4) is 0 Å². The number of halogens is 3. The van der Waals surface area contributed by atoms with Gasteiger partial charge >= 0.3 is 12.3 Å². The van der Waals surface area contributed by atoms with Crippen molar-refractivity contribution in [1.82, 2.24) is 10.2 Å². The van der Waals surface area contributed by atoms with E-state index in [0.717, 1.165) is 49.7 Å². The normalized spacial score (nSPS) is 26.8. The first kappa shape index (κ1) is 24.0. The molecule has 3 aliphatic heterocycles. The van der Waals surface area contributed by atoms with Crippen molar-refractivity contribution in [2.75, 3.05) is 26.7 Å². The summed E-state index contributed by atoms with van der Waals surface area (Å²) in [7, 11) is 1.23. The van der Waals surface area contributed by atoms with E-state index in [4.69, 9.17) is 9.47 Å². The lowest BCUT2D eigenvalue weighted by atomic mass is 9.85. The van der Waals surface area contributed by atoms with Crippen molar-refractivity contribution in [2.45, 2.75) is 51.4 Å². The number of hydrogen-bond acceptors (Lipinski definition) is 4. The Balaban J connectivity index is 1.36. The molecule has 2 aromatic rings. The van der Waals surface area contributed by atoms with E-state index in [2.05, 4.69) is 24.1 Å². The third kappa shape index (κ3) is 4.60. The quantitative estimate of drug-likeness (QED) is 0.589. The number of hydrogen-bond donors (Lipinski definition) is 1. The van der Waals surface area contributed by atoms with E-state index < -0.39 is 17.8 Å². The monoisotopic (exact) mass is 488 g/mol. The highest BCUT2D eigenvalue weighted by Crippen LogP contribution is 2.47. The van der Waals surface area contributed by atoms with Gasteiger partial charge in [-0.3, -0.25) is 4.90 Å². The van der Waals surface area contributed by atoms with Gasteiger partial charge in [-0.2, -0.15) is 13.2 Å². The molecule has 5 nitrogen and oxygen atoms in total. The van der Waals surface area contributed by atoms with Gasteiger partial charge in [-0.15, -0.1) is 0 Å². The Morgan fingerprint density at radius 3 is 2.40 bits per heavy atom. The van der Waals surface area contributed by atoms with Crippen molar-refractivity contribution >= 4 is 6.09 Å². The Morgan fingerprint density at radius 2 is 1.77 bits per heavy atom. The van der Waals surface area contributed by atoms with E-state index in [0.29, 0.717) is 23.5 Å². The van der Waals surface area contributed by atoms with Gasteiger partial charge in [-0.1, -0.05) is 38.1 Å². The van der Waals surface area contributed by atoms with Crippen LogP contribution in [0.1, 0.15) is 49.4 Å². The van der Waals surface area contributed by atoms with Crippen LogP contribution in [-0.4, -0.2) is 43.8 Å². The molecule has 0 aromatic heterocycles. The molecule has 2 atom stereocenters. The maximum absolute atomic E-state index is 13.5. The second kappa shape index (κ2) is 8.73. The SMILES string of the molecule is COc1ccc(-c2ccc3c(c2)CC(C)(C)C3NC(=O)O[C@H]2CN3CCC2CC3)cc1C(F)(F)F. The summed E-state index contributed by atoms with van der Waals surface area (Å²) < 4.78 is 51.3. The molecule has 1 aliphatic carbocycles. The molecular weight excluding hydrogens is 457 g/mol. The number of amides is 1. The number of methoxy groups -OCH3 is 1. The molecule has 0 saturated carbocycles. The predicted molar refractivity (Wildman–Crippen MR) is 126 cm³/mol. The number of nitrogens with zero attached hydrogens (tertiary/aromatic N) is 1. The fraction of sp³-hybridized carbons (Fsp3) is 0.519. The van der Waals surface area contributed by atoms with Gasteiger partial charge in [0.25, 0.3) is 0 Å². The predicted octanol–water partition coefficient (Wildman–Crippen LogP) is 5.82. The largest absolute Gasteiger partial charge is 0.496 e. The molecule has 3 saturated heterocycles. The van der Waals surface area contributed by atoms with Crippen LogP contribution in [0.4, 0.5) is 18.0 Å². The van der Waals surface area contributed by atoms with Gasteiger partial charge < -0.3 is 14.8 Å². The molecule has 1 amide bonds. The summed E-state index contributed by atoms with van der Waals surface area (Å²) in [5.41, 5.74) is 2.11. The number of ether oxygens (including phenoxy) is 2. The van der Waals surface area contributed by atoms with E-state index in [-0.39, 0.29) is 23.3 Å². The number of rotatable bonds is 4. The Bertz CT molecular complexity index is 1120. The number of fused-ring (bicyclic) bond motifs is 4. The molecule has 2 aromatic carbocycles. The zero-order chi connectivity index (χ0) is 25.0. The van der Waals surface area contributed by atoms with Crippen molar-refractivity contribution < 1.29 is 27.4 Å². The molecule has 0 radical (unpaired) electrons. The Labute approximate surface area is 203 Å². The molecule has 188 valence electrons. The van der Waals surface area contributed by atoms with Crippen LogP contribution in [0.2, 0.25) is 0 Å². The van der Waals surface area contributed by atoms with Gasteiger partial charge in [0.05, 0.1) is 18.7 Å². The van der Waals surface area contributed by atoms with E-state index in [1.165, 1.54) is 13.2 Å². The number of benzene rings is 2. The average molecular weight is 489 g/mol. The van der Waals surface area contributed by atoms with Crippen LogP contribution in [0.25, 0.3) is 11.1 Å². The lowest BCUT2D eigenvalue weighted by Gasteiger charge is -2.44. The van der Waals surface area contributed by atoms with E-state index >= 15 is 0 Å². The molecule has 0 spiro atoms. The summed E-state index contributed by atoms with van der Waals surface area (Å²) >= 11 is 0. The van der Waals surface area contributed by atoms with Gasteiger partial charge in [-0.05, 0) is 78.1 Å². The first-order valence-corrected chi connectivity index (χ1v) is 12.1. The smallest absolute Gasteiger partial charge is 0.419 e. The molecule has 8 heteroatoms. The topological polar surface area (TPSA) is 50.8 Å². The summed E-state index contributed by atoms with van der Waals surface area (Å²) in [5, 5.41) is 3.09. The Hall–Kier alpha value is -2.74. The molecule has 4 aliphatic rings. The number of alkyl carbamates (subject to hydrolysis) is 1. The molecule has 6 rings (SSSR count). The van der Waals surface area contributed by atoms with Gasteiger partial charge in [0.1, 0.15) is 11.9 Å². The van der Waals surface area contributed by atoms with Gasteiger partial charge in [0.2, 0.25) is 0 Å². The second-order valence-electron chi connectivity index (χ2n) is 10.7. The highest BCUT2D eigenvalue weighted by Gasteiger charge is 2.42. The van der Waals surface area contributed by atoms with E-state index in [9.17, 15) is 18.0 Å². The summed E-state index contributed by atoms with van der Waals surface area (Å²) in [4.78, 5) is 15.2. The lowest BCUT2D eigenvalue weighted by molar-refractivity contribution is -0.138. The zero-order valence-corrected chi connectivity index (χ0v) is 20.2. The molecule has 35 heavy (non-hydrogen) atoms. The van der Waals surface area contributed by atoms with Crippen LogP contribution in [0.15, 0.2) is 36.4 Å². The summed E-state index contributed by atoms with van der Waals surface area (Å²) in [6, 6.07) is 9.54. The molecule has 3 fully saturated rings. The molecule has 2 bridgehead atoms. The van der Waals surface area contributed by atoms with Gasteiger partial charge in [-0.25, -0.2) is 4.79 Å². The van der Waals surface area contributed by atoms with E-state index in [1.807, 2.05) is 18.2 Å². The van der Waals surface area contributed by atoms with Crippen molar-refractivity contribution in [1.29, 1.82) is 0 Å². The standard InChI is InChI=1S/C27H31F3N2O3/c1-26(2)14-19-12-17(18-5-7-22(34-3)21(13-18)27(28,29)30)4-6-20(19)24(26)31-25(33)35-23-15-32-10-8-16(23)9-11-32/h4-7,12-13,16,23-24H,8-11,14-15H2,1-3H3,(H,31,33)/t23-,24?/m0/s1. The first-order chi connectivity index (χ1) is 16.5. The van der Waals surface area contributed by atoms with Crippen LogP contribution in [-0.2, 0) is 17.3 Å². The second-order valence-corrected chi connectivity index (χ2v) is 10.7. The number of piperidine rings is 3. The minimum absolute atomic E-state index is 0.0678. The third-order valence-corrected chi connectivity index (χ3v) is 7.84. The molecule has 1 unspecified atom stereocenters. The number of alkyl halides is 3. The molecular formula is C27H31F3N2O3. The minimum atomic E-state index is -4.51. The molecule has 3 heterocycles. The van der Waals surface area contributed by atoms with Gasteiger partial charge in [0, 0.05) is 6.54 Å². The van der Waals surface area contributed by atoms with Crippen molar-refractivity contribution in [2.24, 2.45) is 11.3 Å². The van der Waals surface area contributed by atoms with Crippen LogP contribution >= 0.6 is 0 Å². The number of carbonyl (C=O) groups excluding carboxylic acids is 1. The average Bonchev–Trinajstić information content (AvgIpc) is 3.07. The summed E-state index contributed by atoms with van der Waals surface area (Å²) in [6.07, 6.45) is -2.14. The van der Waals surface area contributed by atoms with Crippen molar-refractivity contribution in [3.05, 3.63) is 53.1 Å². The Kier molecular flexibility index (Phi) is 5.98. The van der Waals surface area contributed by atoms with Crippen LogP contribution in [0.5, 0.6) is 5.75 Å². The zero-order valence-electron chi connectivity index (χ0n) is 20.2. The summed E-state index contributed by atoms with van der Waals surface area (Å²) in [6.45, 7) is 7.13. The summed E-state index contributed by atoms with van der Waals surface area (Å²) in [5.74, 6) is 0.234. The fourth-order valence-electron chi connectivity index (χ4n) is 5.95. The van der Waals surface area contributed by atoms with E-state index in [1.54, 1.807) is 6.07 Å². The Morgan fingerprint density at radius 1 is 1.09 bits per heavy atom. The van der Waals surface area contributed by atoms with Gasteiger partial charge in [0.15, 0.2) is 0 Å². The van der Waals surface area contributed by atoms with Crippen LogP contribution < -0.4 is 10.1 Å². The number of nitrogens with one attached hydrogen (secondary N) is 1. The van der Waals surface area contributed by atoms with Crippen LogP contribution in [0, 0.1) is 11.3 Å². The first-order valence-electron chi connectivity index (χ1n) is 12.1. The highest BCUT2D eigenvalue weighted by molar-refractivity contribution is 5.71. The minimum Gasteiger partial charge on any atom is -0.496 e. The maximum Gasteiger partial charge on any atom is 0.419 e. The maximum atomic E-state index is 13.5. The number of carbonyl (C=O) groups is 1. The van der Waals surface area contributed by atoms with Crippen molar-refractivity contribution in [3.8, 4) is 16.9 Å².